The summed E-state index contributed by atoms with van der Waals surface area (Å²) in [5.74, 6) is 0.338. The van der Waals surface area contributed by atoms with E-state index >= 15 is 0 Å². The van der Waals surface area contributed by atoms with E-state index in [1.807, 2.05) is 49.4 Å². The van der Waals surface area contributed by atoms with Crippen molar-refractivity contribution in [2.75, 3.05) is 13.7 Å². The van der Waals surface area contributed by atoms with Crippen LogP contribution in [-0.4, -0.2) is 25.5 Å². The van der Waals surface area contributed by atoms with Crippen LogP contribution in [0.25, 0.3) is 0 Å². The summed E-state index contributed by atoms with van der Waals surface area (Å²) in [7, 11) is 1.59. The largest absolute Gasteiger partial charge is 0.497 e. The smallest absolute Gasteiger partial charge is 0.239 e. The molecule has 2 rings (SSSR count). The molecule has 0 aliphatic rings. The fourth-order valence-corrected chi connectivity index (χ4v) is 2.29. The third kappa shape index (κ3) is 5.43. The highest BCUT2D eigenvalue weighted by molar-refractivity contribution is 5.85. The molecule has 24 heavy (non-hydrogen) atoms. The van der Waals surface area contributed by atoms with Crippen molar-refractivity contribution in [3.63, 3.8) is 0 Å². The van der Waals surface area contributed by atoms with Gasteiger partial charge in [-0.05, 0) is 30.2 Å². The van der Waals surface area contributed by atoms with Gasteiger partial charge in [0.2, 0.25) is 11.8 Å². The maximum absolute atomic E-state index is 11.9. The van der Waals surface area contributed by atoms with E-state index in [-0.39, 0.29) is 30.8 Å². The summed E-state index contributed by atoms with van der Waals surface area (Å²) in [6.07, 6.45) is 0.228. The maximum Gasteiger partial charge on any atom is 0.239 e. The Labute approximate surface area is 142 Å². The van der Waals surface area contributed by atoms with Crippen molar-refractivity contribution in [2.24, 2.45) is 0 Å². The first-order valence-corrected chi connectivity index (χ1v) is 7.82. The van der Waals surface area contributed by atoms with E-state index < -0.39 is 0 Å². The van der Waals surface area contributed by atoms with Crippen LogP contribution in [0.3, 0.4) is 0 Å². The van der Waals surface area contributed by atoms with Crippen LogP contribution < -0.4 is 15.4 Å². The fraction of sp³-hybridized carbons (Fsp3) is 0.263. The minimum absolute atomic E-state index is 0.0356. The normalized spacial score (nSPS) is 11.4. The van der Waals surface area contributed by atoms with Crippen molar-refractivity contribution in [3.8, 4) is 5.75 Å². The molecule has 0 radical (unpaired) electrons. The predicted octanol–water partition coefficient (Wildman–Crippen LogP) is 2.23. The number of hydrogen-bond donors (Lipinski definition) is 2. The van der Waals surface area contributed by atoms with Crippen molar-refractivity contribution < 1.29 is 14.3 Å². The van der Waals surface area contributed by atoms with Gasteiger partial charge in [0.1, 0.15) is 5.75 Å². The number of rotatable bonds is 7. The predicted molar refractivity (Wildman–Crippen MR) is 92.7 cm³/mol. The van der Waals surface area contributed by atoms with Gasteiger partial charge in [-0.1, -0.05) is 42.5 Å². The zero-order valence-electron chi connectivity index (χ0n) is 13.9. The SMILES string of the molecule is COc1ccc(CC(=O)NCC(=O)NC(C)c2ccccc2)cc1. The molecule has 2 aromatic rings. The molecule has 2 N–H and O–H groups in total. The molecule has 0 aromatic heterocycles. The molecular formula is C19H22N2O3. The van der Waals surface area contributed by atoms with Gasteiger partial charge in [0.05, 0.1) is 26.1 Å². The Morgan fingerprint density at radius 2 is 1.67 bits per heavy atom. The lowest BCUT2D eigenvalue weighted by atomic mass is 10.1. The van der Waals surface area contributed by atoms with Crippen LogP contribution >= 0.6 is 0 Å². The Bertz CT molecular complexity index is 669. The van der Waals surface area contributed by atoms with Gasteiger partial charge < -0.3 is 15.4 Å². The summed E-state index contributed by atoms with van der Waals surface area (Å²) in [6, 6.07) is 16.8. The summed E-state index contributed by atoms with van der Waals surface area (Å²) in [5, 5.41) is 5.49. The van der Waals surface area contributed by atoms with Crippen molar-refractivity contribution in [2.45, 2.75) is 19.4 Å². The van der Waals surface area contributed by atoms with Gasteiger partial charge in [-0.2, -0.15) is 0 Å². The number of carbonyl (C=O) groups excluding carboxylic acids is 2. The van der Waals surface area contributed by atoms with Crippen molar-refractivity contribution >= 4 is 11.8 Å². The molecule has 2 aromatic carbocycles. The Balaban J connectivity index is 1.75. The lowest BCUT2D eigenvalue weighted by Gasteiger charge is -2.14. The van der Waals surface area contributed by atoms with Crippen LogP contribution in [0, 0.1) is 0 Å². The van der Waals surface area contributed by atoms with E-state index in [1.165, 1.54) is 0 Å². The van der Waals surface area contributed by atoms with E-state index in [9.17, 15) is 9.59 Å². The average Bonchev–Trinajstić information content (AvgIpc) is 2.61. The van der Waals surface area contributed by atoms with Gasteiger partial charge in [-0.25, -0.2) is 0 Å². The Morgan fingerprint density at radius 3 is 2.29 bits per heavy atom. The van der Waals surface area contributed by atoms with E-state index in [1.54, 1.807) is 19.2 Å². The van der Waals surface area contributed by atoms with Gasteiger partial charge in [0.15, 0.2) is 0 Å². The highest BCUT2D eigenvalue weighted by Gasteiger charge is 2.10. The lowest BCUT2D eigenvalue weighted by Crippen LogP contribution is -2.38. The number of ether oxygens (including phenoxy) is 1. The second kappa shape index (κ2) is 8.72. The van der Waals surface area contributed by atoms with Gasteiger partial charge >= 0.3 is 0 Å². The van der Waals surface area contributed by atoms with Crippen LogP contribution in [-0.2, 0) is 16.0 Å². The second-order valence-electron chi connectivity index (χ2n) is 5.50. The lowest BCUT2D eigenvalue weighted by molar-refractivity contribution is -0.126. The van der Waals surface area contributed by atoms with Crippen LogP contribution in [0.15, 0.2) is 54.6 Å². The molecular weight excluding hydrogens is 304 g/mol. The summed E-state index contributed by atoms with van der Waals surface area (Å²) in [5.41, 5.74) is 1.89. The quantitative estimate of drug-likeness (QED) is 0.820. The zero-order chi connectivity index (χ0) is 17.4. The fourth-order valence-electron chi connectivity index (χ4n) is 2.29. The molecule has 5 nitrogen and oxygen atoms in total. The monoisotopic (exact) mass is 326 g/mol. The first-order valence-electron chi connectivity index (χ1n) is 7.82. The van der Waals surface area contributed by atoms with Gasteiger partial charge in [0.25, 0.3) is 0 Å². The Kier molecular flexibility index (Phi) is 6.37. The van der Waals surface area contributed by atoms with E-state index in [4.69, 9.17) is 4.74 Å². The molecule has 1 unspecified atom stereocenters. The van der Waals surface area contributed by atoms with Crippen molar-refractivity contribution in [1.82, 2.24) is 10.6 Å². The van der Waals surface area contributed by atoms with Crippen LogP contribution in [0.2, 0.25) is 0 Å². The van der Waals surface area contributed by atoms with Gasteiger partial charge in [-0.15, -0.1) is 0 Å². The van der Waals surface area contributed by atoms with E-state index in [2.05, 4.69) is 10.6 Å². The molecule has 5 heteroatoms. The van der Waals surface area contributed by atoms with Crippen LogP contribution in [0.4, 0.5) is 0 Å². The molecule has 1 atom stereocenters. The number of methoxy groups -OCH3 is 1. The van der Waals surface area contributed by atoms with Gasteiger partial charge in [-0.3, -0.25) is 9.59 Å². The molecule has 0 saturated heterocycles. The number of benzene rings is 2. The maximum atomic E-state index is 11.9. The van der Waals surface area contributed by atoms with Crippen LogP contribution in [0.1, 0.15) is 24.1 Å². The summed E-state index contributed by atoms with van der Waals surface area (Å²) in [4.78, 5) is 23.8. The molecule has 0 fully saturated rings. The molecule has 0 aliphatic carbocycles. The molecule has 2 amide bonds. The standard InChI is InChI=1S/C19H22N2O3/c1-14(16-6-4-3-5-7-16)21-19(23)13-20-18(22)12-15-8-10-17(24-2)11-9-15/h3-11,14H,12-13H2,1-2H3,(H,20,22)(H,21,23). The summed E-state index contributed by atoms with van der Waals surface area (Å²) in [6.45, 7) is 1.87. The second-order valence-corrected chi connectivity index (χ2v) is 5.50. The minimum Gasteiger partial charge on any atom is -0.497 e. The molecule has 126 valence electrons. The topological polar surface area (TPSA) is 67.4 Å². The summed E-state index contributed by atoms with van der Waals surface area (Å²) >= 11 is 0. The minimum atomic E-state index is -0.213. The highest BCUT2D eigenvalue weighted by Crippen LogP contribution is 2.12. The first kappa shape index (κ1) is 17.5. The van der Waals surface area contributed by atoms with Crippen molar-refractivity contribution in [1.29, 1.82) is 0 Å². The zero-order valence-corrected chi connectivity index (χ0v) is 13.9. The Morgan fingerprint density at radius 1 is 1.00 bits per heavy atom. The van der Waals surface area contributed by atoms with Crippen molar-refractivity contribution in [3.05, 3.63) is 65.7 Å². The number of hydrogen-bond acceptors (Lipinski definition) is 3. The molecule has 0 saturated carbocycles. The molecule has 0 bridgehead atoms. The third-order valence-electron chi connectivity index (χ3n) is 3.65. The molecule has 0 heterocycles. The third-order valence-corrected chi connectivity index (χ3v) is 3.65. The first-order chi connectivity index (χ1) is 11.6. The summed E-state index contributed by atoms with van der Waals surface area (Å²) < 4.78 is 5.07. The van der Waals surface area contributed by atoms with E-state index in [0.717, 1.165) is 16.9 Å². The molecule has 0 spiro atoms. The molecule has 0 aliphatic heterocycles. The number of carbonyl (C=O) groups is 2. The van der Waals surface area contributed by atoms with Gasteiger partial charge in [0, 0.05) is 0 Å². The van der Waals surface area contributed by atoms with E-state index in [0.29, 0.717) is 0 Å². The number of nitrogens with one attached hydrogen (secondary N) is 2. The van der Waals surface area contributed by atoms with Crippen LogP contribution in [0.5, 0.6) is 5.75 Å². The Hall–Kier alpha value is -2.82. The average molecular weight is 326 g/mol. The number of amides is 2. The highest BCUT2D eigenvalue weighted by atomic mass is 16.5.